The van der Waals surface area contributed by atoms with Crippen molar-refractivity contribution in [2.45, 2.75) is 51.0 Å². The van der Waals surface area contributed by atoms with Gasteiger partial charge >= 0.3 is 0 Å². The molecular weight excluding hydrogens is 446 g/mol. The van der Waals surface area contributed by atoms with Crippen LogP contribution in [0.1, 0.15) is 24.5 Å². The van der Waals surface area contributed by atoms with Crippen molar-refractivity contribution in [3.05, 3.63) is 53.6 Å². The van der Waals surface area contributed by atoms with Gasteiger partial charge < -0.3 is 24.5 Å². The number of aliphatic hydroxyl groups is 1. The van der Waals surface area contributed by atoms with Gasteiger partial charge in [0.15, 0.2) is 0 Å². The van der Waals surface area contributed by atoms with Gasteiger partial charge in [-0.05, 0) is 37.5 Å². The van der Waals surface area contributed by atoms with Crippen molar-refractivity contribution in [1.29, 1.82) is 0 Å². The van der Waals surface area contributed by atoms with Gasteiger partial charge in [0.2, 0.25) is 11.8 Å². The summed E-state index contributed by atoms with van der Waals surface area (Å²) in [5.74, 6) is -2.28. The maximum atomic E-state index is 14.4. The number of fused-ring (bicyclic) bond motifs is 2. The van der Waals surface area contributed by atoms with Crippen molar-refractivity contribution >= 4 is 23.4 Å². The first-order valence-corrected chi connectivity index (χ1v) is 12.3. The molecule has 1 unspecified atom stereocenters. The number of aryl methyl sites for hydroxylation is 2. The van der Waals surface area contributed by atoms with Gasteiger partial charge in [-0.2, -0.15) is 0 Å². The van der Waals surface area contributed by atoms with E-state index < -0.39 is 35.6 Å². The van der Waals surface area contributed by atoms with Crippen LogP contribution in [-0.4, -0.2) is 83.2 Å². The number of aliphatic hydroxyl groups excluding tert-OH is 1. The Bertz CT molecular complexity index is 1130. The molecule has 1 spiro atoms. The molecule has 1 aromatic carbocycles. The molecule has 35 heavy (non-hydrogen) atoms. The topological polar surface area (TPSA) is 90.4 Å². The molecule has 186 valence electrons. The van der Waals surface area contributed by atoms with Gasteiger partial charge in [-0.1, -0.05) is 43.4 Å². The van der Waals surface area contributed by atoms with Crippen molar-refractivity contribution in [1.82, 2.24) is 9.80 Å². The van der Waals surface area contributed by atoms with Crippen LogP contribution < -0.4 is 4.90 Å². The number of amides is 3. The van der Waals surface area contributed by atoms with Gasteiger partial charge in [0, 0.05) is 25.8 Å². The molecule has 3 amide bonds. The Balaban J connectivity index is 1.67. The Morgan fingerprint density at radius 2 is 1.89 bits per heavy atom. The lowest BCUT2D eigenvalue weighted by atomic mass is 9.77. The predicted molar refractivity (Wildman–Crippen MR) is 131 cm³/mol. The normalized spacial score (nSPS) is 32.9. The number of likely N-dealkylation sites (N-methyl/N-ethyl adjacent to an activating group) is 1. The summed E-state index contributed by atoms with van der Waals surface area (Å²) in [6, 6.07) is 4.42. The van der Waals surface area contributed by atoms with Gasteiger partial charge in [-0.3, -0.25) is 14.4 Å². The minimum absolute atomic E-state index is 0.163. The summed E-state index contributed by atoms with van der Waals surface area (Å²) in [4.78, 5) is 46.7. The third kappa shape index (κ3) is 3.37. The molecule has 1 N–H and O–H groups in total. The monoisotopic (exact) mass is 479 g/mol. The fourth-order valence-corrected chi connectivity index (χ4v) is 6.24. The molecular formula is C27H33N3O5. The Morgan fingerprint density at radius 1 is 1.11 bits per heavy atom. The van der Waals surface area contributed by atoms with Crippen LogP contribution in [0.15, 0.2) is 42.5 Å². The maximum Gasteiger partial charge on any atom is 0.253 e. The fourth-order valence-electron chi connectivity index (χ4n) is 6.24. The Morgan fingerprint density at radius 3 is 2.60 bits per heavy atom. The summed E-state index contributed by atoms with van der Waals surface area (Å²) < 4.78 is 6.60. The van der Waals surface area contributed by atoms with E-state index >= 15 is 0 Å². The lowest BCUT2D eigenvalue weighted by Crippen LogP contribution is -2.58. The van der Waals surface area contributed by atoms with Gasteiger partial charge in [0.1, 0.15) is 11.6 Å². The number of benzene rings is 1. The molecule has 0 aromatic heterocycles. The maximum absolute atomic E-state index is 14.4. The third-order valence-electron chi connectivity index (χ3n) is 8.03. The average molecular weight is 480 g/mol. The zero-order valence-corrected chi connectivity index (χ0v) is 20.7. The number of hydrogen-bond donors (Lipinski definition) is 1. The zero-order chi connectivity index (χ0) is 25.1. The average Bonchev–Trinajstić information content (AvgIpc) is 3.16. The minimum Gasteiger partial charge on any atom is -0.394 e. The summed E-state index contributed by atoms with van der Waals surface area (Å²) in [5.41, 5.74) is 1.48. The van der Waals surface area contributed by atoms with Crippen LogP contribution >= 0.6 is 0 Å². The first-order chi connectivity index (χ1) is 16.7. The fraction of sp³-hybridized carbons (Fsp3) is 0.519. The van der Waals surface area contributed by atoms with Crippen molar-refractivity contribution < 1.29 is 24.2 Å². The number of nitrogens with zero attached hydrogens (tertiary/aromatic N) is 3. The highest BCUT2D eigenvalue weighted by Gasteiger charge is 2.72. The summed E-state index contributed by atoms with van der Waals surface area (Å²) in [5, 5.41) is 10.2. The van der Waals surface area contributed by atoms with E-state index in [0.717, 1.165) is 16.8 Å². The van der Waals surface area contributed by atoms with Crippen LogP contribution in [-0.2, 0) is 19.1 Å². The van der Waals surface area contributed by atoms with E-state index in [4.69, 9.17) is 4.74 Å². The van der Waals surface area contributed by atoms with E-state index in [1.165, 1.54) is 4.90 Å². The molecule has 0 radical (unpaired) electrons. The molecule has 8 nitrogen and oxygen atoms in total. The lowest BCUT2D eigenvalue weighted by molar-refractivity contribution is -0.146. The molecule has 4 aliphatic heterocycles. The van der Waals surface area contributed by atoms with E-state index in [0.29, 0.717) is 19.5 Å². The summed E-state index contributed by atoms with van der Waals surface area (Å²) in [6.07, 6.45) is 7.33. The SMILES string of the molecule is CC[C@@H](CO)N1C(=O)[C@@H]2[C@H]3C(=O)N(C)CC=C[C@H]3O[C@@]23C=CCN(c2cc(C)ccc2C)C(=O)C13. The molecule has 6 atom stereocenters. The van der Waals surface area contributed by atoms with Crippen LogP contribution in [0.2, 0.25) is 0 Å². The molecule has 5 rings (SSSR count). The van der Waals surface area contributed by atoms with Gasteiger partial charge in [0.05, 0.1) is 30.6 Å². The number of ether oxygens (including phenoxy) is 1. The van der Waals surface area contributed by atoms with Gasteiger partial charge in [-0.15, -0.1) is 0 Å². The van der Waals surface area contributed by atoms with Crippen molar-refractivity contribution in [3.63, 3.8) is 0 Å². The molecule has 4 heterocycles. The molecule has 0 aliphatic carbocycles. The number of rotatable bonds is 4. The number of anilines is 1. The van der Waals surface area contributed by atoms with E-state index in [-0.39, 0.29) is 24.3 Å². The highest BCUT2D eigenvalue weighted by molar-refractivity contribution is 6.06. The van der Waals surface area contributed by atoms with E-state index in [1.54, 1.807) is 16.8 Å². The van der Waals surface area contributed by atoms with E-state index in [1.807, 2.05) is 63.3 Å². The lowest BCUT2D eigenvalue weighted by Gasteiger charge is -2.38. The Kier molecular flexibility index (Phi) is 5.84. The van der Waals surface area contributed by atoms with Crippen LogP contribution in [0.3, 0.4) is 0 Å². The number of likely N-dealkylation sites (tertiary alicyclic amines) is 1. The second-order valence-corrected chi connectivity index (χ2v) is 10.1. The number of hydrogen-bond acceptors (Lipinski definition) is 5. The van der Waals surface area contributed by atoms with Gasteiger partial charge in [0.25, 0.3) is 5.91 Å². The molecule has 2 saturated heterocycles. The summed E-state index contributed by atoms with van der Waals surface area (Å²) in [6.45, 7) is 6.31. The van der Waals surface area contributed by atoms with Crippen molar-refractivity contribution in [3.8, 4) is 0 Å². The first-order valence-electron chi connectivity index (χ1n) is 12.3. The van der Waals surface area contributed by atoms with Crippen molar-refractivity contribution in [2.75, 3.05) is 31.6 Å². The highest BCUT2D eigenvalue weighted by atomic mass is 16.5. The summed E-state index contributed by atoms with van der Waals surface area (Å²) in [7, 11) is 1.72. The number of carbonyl (C=O) groups excluding carboxylic acids is 3. The molecule has 2 fully saturated rings. The molecule has 4 aliphatic rings. The van der Waals surface area contributed by atoms with E-state index in [9.17, 15) is 19.5 Å². The van der Waals surface area contributed by atoms with Crippen LogP contribution in [0, 0.1) is 25.7 Å². The second-order valence-electron chi connectivity index (χ2n) is 10.1. The van der Waals surface area contributed by atoms with Gasteiger partial charge in [-0.25, -0.2) is 0 Å². The van der Waals surface area contributed by atoms with Crippen LogP contribution in [0.4, 0.5) is 5.69 Å². The van der Waals surface area contributed by atoms with Crippen LogP contribution in [0.25, 0.3) is 0 Å². The molecule has 1 aromatic rings. The Labute approximate surface area is 205 Å². The summed E-state index contributed by atoms with van der Waals surface area (Å²) >= 11 is 0. The van der Waals surface area contributed by atoms with E-state index in [2.05, 4.69) is 0 Å². The van der Waals surface area contributed by atoms with Crippen molar-refractivity contribution in [2.24, 2.45) is 11.8 Å². The zero-order valence-electron chi connectivity index (χ0n) is 20.7. The molecule has 8 heteroatoms. The standard InChI is InChI=1S/C27H33N3O5/c1-5-18(15-31)30-23-26(34)29(19-14-16(2)9-10-17(19)3)13-7-11-27(23)22(25(30)33)21-20(35-27)8-6-12-28(4)24(21)32/h6-11,14,18,20-23,31H,5,12-13,15H2,1-4H3/t18-,20+,21-,22-,23?,27-/m0/s1. The quantitative estimate of drug-likeness (QED) is 0.663. The molecule has 0 saturated carbocycles. The Hall–Kier alpha value is -2.97. The molecule has 0 bridgehead atoms. The van der Waals surface area contributed by atoms with Crippen LogP contribution in [0.5, 0.6) is 0 Å². The highest BCUT2D eigenvalue weighted by Crippen LogP contribution is 2.54. The predicted octanol–water partition coefficient (Wildman–Crippen LogP) is 1.59. The second kappa shape index (κ2) is 8.60. The third-order valence-corrected chi connectivity index (χ3v) is 8.03. The largest absolute Gasteiger partial charge is 0.394 e. The minimum atomic E-state index is -1.28. The first kappa shape index (κ1) is 23.8. The smallest absolute Gasteiger partial charge is 0.253 e. The number of carbonyl (C=O) groups is 3.